The summed E-state index contributed by atoms with van der Waals surface area (Å²) in [5.41, 5.74) is 8.59. The molecule has 1 N–H and O–H groups in total. The lowest BCUT2D eigenvalue weighted by Crippen LogP contribution is -2.49. The van der Waals surface area contributed by atoms with Crippen LogP contribution < -0.4 is 0 Å². The Morgan fingerprint density at radius 2 is 2.12 bits per heavy atom. The normalized spacial score (nSPS) is 37.1. The first-order valence-corrected chi connectivity index (χ1v) is 5.92. The van der Waals surface area contributed by atoms with Crippen LogP contribution in [0.5, 0.6) is 0 Å². The summed E-state index contributed by atoms with van der Waals surface area (Å²) >= 11 is 0. The molecule has 3 unspecified atom stereocenters. The van der Waals surface area contributed by atoms with Crippen LogP contribution in [-0.2, 0) is 9.47 Å². The van der Waals surface area contributed by atoms with E-state index in [0.29, 0.717) is 5.92 Å². The van der Waals surface area contributed by atoms with Gasteiger partial charge >= 0.3 is 0 Å². The van der Waals surface area contributed by atoms with Crippen LogP contribution in [0.4, 0.5) is 0 Å². The Morgan fingerprint density at radius 3 is 2.59 bits per heavy atom. The number of hydrogen-bond donors (Lipinski definition) is 1. The van der Waals surface area contributed by atoms with Crippen LogP contribution in [-0.4, -0.2) is 24.3 Å². The maximum Gasteiger partial charge on any atom is 0.210 e. The van der Waals surface area contributed by atoms with Gasteiger partial charge in [-0.25, -0.2) is 0 Å². The molecular weight excluding hydrogens is 220 g/mol. The zero-order valence-corrected chi connectivity index (χ0v) is 10.8. The highest BCUT2D eigenvalue weighted by molar-refractivity contribution is 5.69. The van der Waals surface area contributed by atoms with Gasteiger partial charge in [-0.2, -0.15) is 0 Å². The minimum atomic E-state index is -0.639. The summed E-state index contributed by atoms with van der Waals surface area (Å²) in [5.74, 6) is 0.556. The number of nitrogens with one attached hydrogen (secondary N) is 1. The summed E-state index contributed by atoms with van der Waals surface area (Å²) in [6, 6.07) is -0.377. The van der Waals surface area contributed by atoms with Crippen molar-refractivity contribution in [2.24, 2.45) is 17.0 Å². The molecule has 1 saturated heterocycles. The van der Waals surface area contributed by atoms with Crippen molar-refractivity contribution in [3.05, 3.63) is 10.4 Å². The summed E-state index contributed by atoms with van der Waals surface area (Å²) in [6.45, 7) is 7.72. The van der Waals surface area contributed by atoms with Gasteiger partial charge in [-0.05, 0) is 23.8 Å². The number of nitrogens with zero attached hydrogens (tertiary/aromatic N) is 3. The SMILES string of the molecule is CCC1O[C@H](OC(C)=N)C(N=[N+]=[N-])C(C)[C@@H]1C. The number of rotatable bonds is 3. The minimum Gasteiger partial charge on any atom is -0.452 e. The molecule has 0 amide bonds. The summed E-state index contributed by atoms with van der Waals surface area (Å²) in [6.07, 6.45) is 0.324. The van der Waals surface area contributed by atoms with E-state index in [-0.39, 0.29) is 24.0 Å². The van der Waals surface area contributed by atoms with Crippen molar-refractivity contribution in [1.82, 2.24) is 0 Å². The first-order valence-electron chi connectivity index (χ1n) is 5.92. The Balaban J connectivity index is 2.89. The summed E-state index contributed by atoms with van der Waals surface area (Å²) < 4.78 is 11.1. The molecular formula is C11H20N4O2. The van der Waals surface area contributed by atoms with Crippen LogP contribution in [0.1, 0.15) is 34.1 Å². The van der Waals surface area contributed by atoms with Gasteiger partial charge in [0.25, 0.3) is 0 Å². The maximum atomic E-state index is 8.59. The molecule has 1 aliphatic rings. The van der Waals surface area contributed by atoms with Crippen molar-refractivity contribution in [3.63, 3.8) is 0 Å². The Labute approximate surface area is 101 Å². The van der Waals surface area contributed by atoms with Crippen molar-refractivity contribution in [3.8, 4) is 0 Å². The topological polar surface area (TPSA) is 91.1 Å². The van der Waals surface area contributed by atoms with Gasteiger partial charge in [0, 0.05) is 11.8 Å². The molecule has 0 aliphatic carbocycles. The fourth-order valence-corrected chi connectivity index (χ4v) is 2.23. The van der Waals surface area contributed by atoms with Crippen molar-refractivity contribution in [2.45, 2.75) is 52.6 Å². The van der Waals surface area contributed by atoms with Crippen LogP contribution in [0.3, 0.4) is 0 Å². The lowest BCUT2D eigenvalue weighted by molar-refractivity contribution is -0.198. The van der Waals surface area contributed by atoms with E-state index in [1.807, 2.05) is 6.92 Å². The van der Waals surface area contributed by atoms with Gasteiger partial charge in [0.15, 0.2) is 5.90 Å². The van der Waals surface area contributed by atoms with E-state index in [9.17, 15) is 0 Å². The first kappa shape index (κ1) is 13.8. The molecule has 0 saturated carbocycles. The average molecular weight is 240 g/mol. The van der Waals surface area contributed by atoms with E-state index in [1.165, 1.54) is 0 Å². The predicted octanol–water partition coefficient (Wildman–Crippen LogP) is 3.09. The monoisotopic (exact) mass is 240 g/mol. The van der Waals surface area contributed by atoms with Gasteiger partial charge < -0.3 is 9.47 Å². The maximum absolute atomic E-state index is 8.59. The van der Waals surface area contributed by atoms with Gasteiger partial charge in [-0.1, -0.05) is 25.9 Å². The summed E-state index contributed by atoms with van der Waals surface area (Å²) in [4.78, 5) is 2.85. The zero-order valence-electron chi connectivity index (χ0n) is 10.8. The first-order chi connectivity index (χ1) is 8.01. The molecule has 5 atom stereocenters. The second-order valence-electron chi connectivity index (χ2n) is 4.54. The van der Waals surface area contributed by atoms with Crippen LogP contribution in [0.15, 0.2) is 5.11 Å². The van der Waals surface area contributed by atoms with Crippen molar-refractivity contribution in [1.29, 1.82) is 5.41 Å². The highest BCUT2D eigenvalue weighted by atomic mass is 16.7. The van der Waals surface area contributed by atoms with E-state index in [0.717, 1.165) is 6.42 Å². The molecule has 0 radical (unpaired) electrons. The van der Waals surface area contributed by atoms with Crippen LogP contribution in [0, 0.1) is 17.2 Å². The predicted molar refractivity (Wildman–Crippen MR) is 64.7 cm³/mol. The van der Waals surface area contributed by atoms with E-state index in [4.69, 9.17) is 20.4 Å². The summed E-state index contributed by atoms with van der Waals surface area (Å²) in [7, 11) is 0. The second-order valence-corrected chi connectivity index (χ2v) is 4.54. The highest BCUT2D eigenvalue weighted by Gasteiger charge is 2.41. The molecule has 0 aromatic rings. The molecule has 0 bridgehead atoms. The van der Waals surface area contributed by atoms with Gasteiger partial charge in [-0.15, -0.1) is 0 Å². The standard InChI is InChI=1S/C11H20N4O2/c1-5-9-6(2)7(3)10(14-15-13)11(17-9)16-8(4)12/h6-7,9-12H,5H2,1-4H3/t6-,7?,9?,10?,11-/m0/s1. The molecule has 1 rings (SSSR count). The lowest BCUT2D eigenvalue weighted by Gasteiger charge is -2.42. The van der Waals surface area contributed by atoms with Crippen molar-refractivity contribution < 1.29 is 9.47 Å². The fraction of sp³-hybridized carbons (Fsp3) is 0.909. The average Bonchev–Trinajstić information content (AvgIpc) is 2.27. The Kier molecular flexibility index (Phi) is 4.78. The van der Waals surface area contributed by atoms with Crippen LogP contribution in [0.25, 0.3) is 10.4 Å². The van der Waals surface area contributed by atoms with Crippen molar-refractivity contribution in [2.75, 3.05) is 0 Å². The zero-order chi connectivity index (χ0) is 13.0. The molecule has 6 nitrogen and oxygen atoms in total. The number of azide groups is 1. The molecule has 6 heteroatoms. The molecule has 1 fully saturated rings. The molecule has 1 aliphatic heterocycles. The second kappa shape index (κ2) is 5.89. The fourth-order valence-electron chi connectivity index (χ4n) is 2.23. The number of hydrogen-bond acceptors (Lipinski definition) is 4. The third kappa shape index (κ3) is 3.11. The van der Waals surface area contributed by atoms with E-state index in [2.05, 4.69) is 23.9 Å². The smallest absolute Gasteiger partial charge is 0.210 e. The molecule has 96 valence electrons. The Hall–Kier alpha value is -1.26. The van der Waals surface area contributed by atoms with Crippen LogP contribution >= 0.6 is 0 Å². The molecule has 0 aromatic heterocycles. The molecule has 0 aromatic carbocycles. The molecule has 17 heavy (non-hydrogen) atoms. The summed E-state index contributed by atoms with van der Waals surface area (Å²) in [5, 5.41) is 11.1. The van der Waals surface area contributed by atoms with Crippen LogP contribution in [0.2, 0.25) is 0 Å². The third-order valence-electron chi connectivity index (χ3n) is 3.42. The van der Waals surface area contributed by atoms with E-state index >= 15 is 0 Å². The lowest BCUT2D eigenvalue weighted by atomic mass is 9.81. The Bertz CT molecular complexity index is 327. The quantitative estimate of drug-likeness (QED) is 0.270. The minimum absolute atomic E-state index is 0.0738. The highest BCUT2D eigenvalue weighted by Crippen LogP contribution is 2.34. The van der Waals surface area contributed by atoms with E-state index < -0.39 is 6.29 Å². The molecule has 1 heterocycles. The Morgan fingerprint density at radius 1 is 1.47 bits per heavy atom. The van der Waals surface area contributed by atoms with Crippen molar-refractivity contribution >= 4 is 5.90 Å². The van der Waals surface area contributed by atoms with Gasteiger partial charge in [-0.3, -0.25) is 5.41 Å². The van der Waals surface area contributed by atoms with E-state index in [1.54, 1.807) is 6.92 Å². The largest absolute Gasteiger partial charge is 0.452 e. The number of ether oxygens (including phenoxy) is 2. The van der Waals surface area contributed by atoms with Gasteiger partial charge in [0.05, 0.1) is 6.10 Å². The van der Waals surface area contributed by atoms with Gasteiger partial charge in [0.1, 0.15) is 6.04 Å². The third-order valence-corrected chi connectivity index (χ3v) is 3.42. The molecule has 0 spiro atoms. The van der Waals surface area contributed by atoms with Gasteiger partial charge in [0.2, 0.25) is 6.29 Å².